The lowest BCUT2D eigenvalue weighted by Gasteiger charge is -2.30. The minimum atomic E-state index is -0.198. The molecule has 1 amide bonds. The van der Waals surface area contributed by atoms with Gasteiger partial charge in [-0.15, -0.1) is 0 Å². The number of carbonyl (C=O) groups is 1. The van der Waals surface area contributed by atoms with Crippen LogP contribution < -0.4 is 10.5 Å². The van der Waals surface area contributed by atoms with Crippen molar-refractivity contribution in [3.05, 3.63) is 24.5 Å². The number of nitrogens with zero attached hydrogens (tertiary/aromatic N) is 2. The molecule has 1 aromatic rings. The maximum absolute atomic E-state index is 11.8. The Morgan fingerprint density at radius 1 is 1.32 bits per heavy atom. The molecular formula is C16H23N3O2S. The van der Waals surface area contributed by atoms with Crippen molar-refractivity contribution in [1.82, 2.24) is 9.88 Å². The second-order valence-corrected chi connectivity index (χ2v) is 7.29. The van der Waals surface area contributed by atoms with Crippen molar-refractivity contribution in [1.29, 1.82) is 0 Å². The number of likely N-dealkylation sites (tertiary alicyclic amines) is 1. The highest BCUT2D eigenvalue weighted by Gasteiger charge is 2.39. The summed E-state index contributed by atoms with van der Waals surface area (Å²) in [5, 5.41) is 0. The molecular weight excluding hydrogens is 298 g/mol. The first kappa shape index (κ1) is 15.6. The second-order valence-electron chi connectivity index (χ2n) is 6.06. The molecule has 3 rings (SSSR count). The molecule has 3 heterocycles. The maximum Gasteiger partial charge on any atom is 0.222 e. The minimum absolute atomic E-state index is 0.101. The zero-order chi connectivity index (χ0) is 15.4. The van der Waals surface area contributed by atoms with Gasteiger partial charge in [-0.3, -0.25) is 14.7 Å². The van der Waals surface area contributed by atoms with Crippen LogP contribution in [0.3, 0.4) is 0 Å². The van der Waals surface area contributed by atoms with E-state index in [2.05, 4.69) is 9.88 Å². The standard InChI is InChI=1S/C16H23N3O2S/c17-16(20)15-10-19(13-3-7-22-8-4-13)9-12(15)11-21-14-1-5-18-6-2-14/h1-2,5-6,12-13,15H,3-4,7-11H2,(H2,17,20)/t12-,15+/m0/s1. The Kier molecular flexibility index (Phi) is 5.20. The summed E-state index contributed by atoms with van der Waals surface area (Å²) in [5.41, 5.74) is 5.61. The van der Waals surface area contributed by atoms with Crippen LogP contribution in [-0.2, 0) is 4.79 Å². The fourth-order valence-corrected chi connectivity index (χ4v) is 4.46. The van der Waals surface area contributed by atoms with Crippen LogP contribution in [0.5, 0.6) is 5.75 Å². The van der Waals surface area contributed by atoms with E-state index in [1.54, 1.807) is 12.4 Å². The Hall–Kier alpha value is -1.27. The summed E-state index contributed by atoms with van der Waals surface area (Å²) in [4.78, 5) is 18.2. The smallest absolute Gasteiger partial charge is 0.222 e. The topological polar surface area (TPSA) is 68.5 Å². The normalized spacial score (nSPS) is 26.9. The minimum Gasteiger partial charge on any atom is -0.493 e. The second kappa shape index (κ2) is 7.33. The Bertz CT molecular complexity index is 493. The van der Waals surface area contributed by atoms with E-state index >= 15 is 0 Å². The number of thioether (sulfide) groups is 1. The molecule has 0 radical (unpaired) electrons. The van der Waals surface area contributed by atoms with Gasteiger partial charge >= 0.3 is 0 Å². The monoisotopic (exact) mass is 321 g/mol. The third-order valence-electron chi connectivity index (χ3n) is 4.66. The molecule has 0 aliphatic carbocycles. The van der Waals surface area contributed by atoms with Gasteiger partial charge in [0, 0.05) is 37.4 Å². The summed E-state index contributed by atoms with van der Waals surface area (Å²) in [6.45, 7) is 2.23. The lowest BCUT2D eigenvalue weighted by molar-refractivity contribution is -0.122. The summed E-state index contributed by atoms with van der Waals surface area (Å²) >= 11 is 2.02. The molecule has 2 atom stereocenters. The number of carbonyl (C=O) groups excluding carboxylic acids is 1. The molecule has 0 bridgehead atoms. The average Bonchev–Trinajstić information content (AvgIpc) is 2.99. The zero-order valence-corrected chi connectivity index (χ0v) is 13.5. The Morgan fingerprint density at radius 3 is 2.73 bits per heavy atom. The first-order chi connectivity index (χ1) is 10.7. The van der Waals surface area contributed by atoms with E-state index in [1.165, 1.54) is 24.3 Å². The quantitative estimate of drug-likeness (QED) is 0.887. The van der Waals surface area contributed by atoms with Crippen LogP contribution in [0.1, 0.15) is 12.8 Å². The summed E-state index contributed by atoms with van der Waals surface area (Å²) < 4.78 is 5.83. The highest BCUT2D eigenvalue weighted by atomic mass is 32.2. The number of primary amides is 1. The van der Waals surface area contributed by atoms with Crippen molar-refractivity contribution in [3.63, 3.8) is 0 Å². The Balaban J connectivity index is 1.60. The molecule has 0 aromatic carbocycles. The number of aromatic nitrogens is 1. The van der Waals surface area contributed by atoms with Gasteiger partial charge in [-0.1, -0.05) is 0 Å². The fourth-order valence-electron chi connectivity index (χ4n) is 3.38. The Morgan fingerprint density at radius 2 is 2.05 bits per heavy atom. The number of hydrogen-bond acceptors (Lipinski definition) is 5. The molecule has 1 aromatic heterocycles. The summed E-state index contributed by atoms with van der Waals surface area (Å²) in [6, 6.07) is 4.28. The molecule has 2 fully saturated rings. The van der Waals surface area contributed by atoms with Crippen molar-refractivity contribution in [2.75, 3.05) is 31.2 Å². The molecule has 5 nitrogen and oxygen atoms in total. The van der Waals surface area contributed by atoms with Crippen LogP contribution in [0.2, 0.25) is 0 Å². The molecule has 0 saturated carbocycles. The predicted octanol–water partition coefficient (Wildman–Crippen LogP) is 1.39. The molecule has 2 N–H and O–H groups in total. The van der Waals surface area contributed by atoms with E-state index in [0.717, 1.165) is 18.8 Å². The first-order valence-corrected chi connectivity index (χ1v) is 9.03. The van der Waals surface area contributed by atoms with E-state index in [9.17, 15) is 4.79 Å². The van der Waals surface area contributed by atoms with Crippen LogP contribution in [0, 0.1) is 11.8 Å². The van der Waals surface area contributed by atoms with E-state index < -0.39 is 0 Å². The number of hydrogen-bond donors (Lipinski definition) is 1. The highest BCUT2D eigenvalue weighted by molar-refractivity contribution is 7.99. The molecule has 22 heavy (non-hydrogen) atoms. The lowest BCUT2D eigenvalue weighted by atomic mass is 9.96. The molecule has 2 aliphatic heterocycles. The number of rotatable bonds is 5. The number of nitrogens with two attached hydrogens (primary N) is 1. The summed E-state index contributed by atoms with van der Waals surface area (Å²) in [6.07, 6.45) is 5.85. The van der Waals surface area contributed by atoms with E-state index in [-0.39, 0.29) is 17.7 Å². The SMILES string of the molecule is NC(=O)[C@@H]1CN(C2CCSCC2)C[C@H]1COc1ccncc1. The van der Waals surface area contributed by atoms with Crippen LogP contribution in [0.25, 0.3) is 0 Å². The third-order valence-corrected chi connectivity index (χ3v) is 5.70. The fraction of sp³-hybridized carbons (Fsp3) is 0.625. The van der Waals surface area contributed by atoms with Crippen molar-refractivity contribution in [3.8, 4) is 5.75 Å². The van der Waals surface area contributed by atoms with E-state index in [1.807, 2.05) is 23.9 Å². The average molecular weight is 321 g/mol. The van der Waals surface area contributed by atoms with Gasteiger partial charge in [0.05, 0.1) is 12.5 Å². The molecule has 0 unspecified atom stereocenters. The van der Waals surface area contributed by atoms with Gasteiger partial charge in [0.2, 0.25) is 5.91 Å². The molecule has 120 valence electrons. The molecule has 2 saturated heterocycles. The first-order valence-electron chi connectivity index (χ1n) is 7.88. The molecule has 2 aliphatic rings. The van der Waals surface area contributed by atoms with Gasteiger partial charge in [0.25, 0.3) is 0 Å². The van der Waals surface area contributed by atoms with Crippen molar-refractivity contribution in [2.45, 2.75) is 18.9 Å². The summed E-state index contributed by atoms with van der Waals surface area (Å²) in [5.74, 6) is 3.12. The highest BCUT2D eigenvalue weighted by Crippen LogP contribution is 2.30. The van der Waals surface area contributed by atoms with Gasteiger partial charge in [-0.2, -0.15) is 11.8 Å². The largest absolute Gasteiger partial charge is 0.493 e. The van der Waals surface area contributed by atoms with Gasteiger partial charge in [0.15, 0.2) is 0 Å². The van der Waals surface area contributed by atoms with Crippen LogP contribution in [0.15, 0.2) is 24.5 Å². The van der Waals surface area contributed by atoms with Crippen LogP contribution in [0.4, 0.5) is 0 Å². The Labute approximate surface area is 135 Å². The van der Waals surface area contributed by atoms with Crippen molar-refractivity contribution in [2.24, 2.45) is 17.6 Å². The van der Waals surface area contributed by atoms with Gasteiger partial charge < -0.3 is 10.5 Å². The third kappa shape index (κ3) is 3.73. The summed E-state index contributed by atoms with van der Waals surface area (Å²) in [7, 11) is 0. The van der Waals surface area contributed by atoms with Crippen LogP contribution >= 0.6 is 11.8 Å². The van der Waals surface area contributed by atoms with Gasteiger partial charge in [-0.25, -0.2) is 0 Å². The van der Waals surface area contributed by atoms with Crippen molar-refractivity contribution < 1.29 is 9.53 Å². The van der Waals surface area contributed by atoms with E-state index in [0.29, 0.717) is 12.6 Å². The molecule has 6 heteroatoms. The number of ether oxygens (including phenoxy) is 1. The maximum atomic E-state index is 11.8. The van der Waals surface area contributed by atoms with Crippen LogP contribution in [-0.4, -0.2) is 53.0 Å². The van der Waals surface area contributed by atoms with E-state index in [4.69, 9.17) is 10.5 Å². The van der Waals surface area contributed by atoms with Gasteiger partial charge in [0.1, 0.15) is 5.75 Å². The predicted molar refractivity (Wildman–Crippen MR) is 87.8 cm³/mol. The van der Waals surface area contributed by atoms with Gasteiger partial charge in [-0.05, 0) is 36.5 Å². The van der Waals surface area contributed by atoms with Crippen molar-refractivity contribution >= 4 is 17.7 Å². The number of amides is 1. The number of pyridine rings is 1. The zero-order valence-electron chi connectivity index (χ0n) is 12.7. The lowest BCUT2D eigenvalue weighted by Crippen LogP contribution is -2.37. The molecule has 0 spiro atoms.